The third-order valence-electron chi connectivity index (χ3n) is 5.39. The Balaban J connectivity index is 1.40. The van der Waals surface area contributed by atoms with E-state index in [2.05, 4.69) is 64.5 Å². The second-order valence-corrected chi connectivity index (χ2v) is 7.29. The highest BCUT2D eigenvalue weighted by molar-refractivity contribution is 5.88. The van der Waals surface area contributed by atoms with Crippen LogP contribution in [0, 0.1) is 0 Å². The Morgan fingerprint density at radius 1 is 1.00 bits per heavy atom. The number of fused-ring (bicyclic) bond motifs is 2. The third kappa shape index (κ3) is 3.38. The van der Waals surface area contributed by atoms with Crippen LogP contribution in [0.1, 0.15) is 27.8 Å². The number of benzene rings is 2. The van der Waals surface area contributed by atoms with Crippen LogP contribution in [0.25, 0.3) is 11.6 Å². The van der Waals surface area contributed by atoms with E-state index >= 15 is 0 Å². The van der Waals surface area contributed by atoms with Gasteiger partial charge in [0.15, 0.2) is 0 Å². The first kappa shape index (κ1) is 16.3. The van der Waals surface area contributed by atoms with Gasteiger partial charge in [0.25, 0.3) is 0 Å². The molecule has 27 heavy (non-hydrogen) atoms. The number of hydrogen-bond donors (Lipinski definition) is 0. The maximum absolute atomic E-state index is 6.02. The summed E-state index contributed by atoms with van der Waals surface area (Å²) in [7, 11) is 0. The first-order chi connectivity index (χ1) is 13.3. The van der Waals surface area contributed by atoms with Gasteiger partial charge in [-0.25, -0.2) is 0 Å². The molecular formula is C24H22N2O. The summed E-state index contributed by atoms with van der Waals surface area (Å²) >= 11 is 0. The van der Waals surface area contributed by atoms with Gasteiger partial charge in [0.1, 0.15) is 12.4 Å². The van der Waals surface area contributed by atoms with Gasteiger partial charge >= 0.3 is 0 Å². The third-order valence-corrected chi connectivity index (χ3v) is 5.39. The van der Waals surface area contributed by atoms with Gasteiger partial charge in [-0.3, -0.25) is 9.88 Å². The highest BCUT2D eigenvalue weighted by atomic mass is 16.5. The normalized spacial score (nSPS) is 16.1. The molecule has 3 aromatic rings. The van der Waals surface area contributed by atoms with Crippen molar-refractivity contribution in [1.29, 1.82) is 0 Å². The van der Waals surface area contributed by atoms with Gasteiger partial charge in [-0.05, 0) is 52.4 Å². The van der Waals surface area contributed by atoms with Crippen LogP contribution in [-0.2, 0) is 19.5 Å². The molecule has 0 spiro atoms. The Hall–Kier alpha value is -2.91. The molecule has 134 valence electrons. The Morgan fingerprint density at radius 2 is 1.96 bits per heavy atom. The minimum atomic E-state index is 0.723. The Morgan fingerprint density at radius 3 is 2.85 bits per heavy atom. The number of aromatic nitrogens is 1. The largest absolute Gasteiger partial charge is 0.492 e. The fourth-order valence-electron chi connectivity index (χ4n) is 4.00. The van der Waals surface area contributed by atoms with Gasteiger partial charge < -0.3 is 4.74 Å². The topological polar surface area (TPSA) is 25.4 Å². The molecule has 2 aliphatic rings. The highest BCUT2D eigenvalue weighted by Crippen LogP contribution is 2.34. The molecule has 2 aromatic carbocycles. The molecule has 0 N–H and O–H groups in total. The van der Waals surface area contributed by atoms with Crippen molar-refractivity contribution in [2.75, 3.05) is 13.2 Å². The summed E-state index contributed by atoms with van der Waals surface area (Å²) in [5.74, 6) is 1.02. The zero-order chi connectivity index (χ0) is 18.1. The van der Waals surface area contributed by atoms with E-state index in [1.807, 2.05) is 18.5 Å². The lowest BCUT2D eigenvalue weighted by Crippen LogP contribution is -2.25. The fraction of sp³-hybridized carbons (Fsp3) is 0.208. The van der Waals surface area contributed by atoms with E-state index in [4.69, 9.17) is 4.74 Å². The van der Waals surface area contributed by atoms with Crippen molar-refractivity contribution in [3.05, 3.63) is 94.8 Å². The first-order valence-corrected chi connectivity index (χ1v) is 9.51. The van der Waals surface area contributed by atoms with E-state index in [-0.39, 0.29) is 0 Å². The summed E-state index contributed by atoms with van der Waals surface area (Å²) in [6, 6.07) is 19.4. The fourth-order valence-corrected chi connectivity index (χ4v) is 4.00. The van der Waals surface area contributed by atoms with Crippen LogP contribution in [0.3, 0.4) is 0 Å². The van der Waals surface area contributed by atoms with E-state index in [9.17, 15) is 0 Å². The lowest BCUT2D eigenvalue weighted by molar-refractivity contribution is 0.219. The average molecular weight is 354 g/mol. The minimum Gasteiger partial charge on any atom is -0.492 e. The summed E-state index contributed by atoms with van der Waals surface area (Å²) in [6.45, 7) is 3.45. The second kappa shape index (κ2) is 7.01. The van der Waals surface area contributed by atoms with Crippen LogP contribution in [-0.4, -0.2) is 23.0 Å². The summed E-state index contributed by atoms with van der Waals surface area (Å²) < 4.78 is 6.02. The van der Waals surface area contributed by atoms with Gasteiger partial charge in [-0.2, -0.15) is 0 Å². The molecule has 0 bridgehead atoms. The summed E-state index contributed by atoms with van der Waals surface area (Å²) in [5, 5.41) is 0. The molecule has 1 aromatic heterocycles. The van der Waals surface area contributed by atoms with Gasteiger partial charge in [0.2, 0.25) is 0 Å². The van der Waals surface area contributed by atoms with Crippen molar-refractivity contribution < 1.29 is 4.74 Å². The SMILES string of the molecule is C1=C(c2ccc3c(c2)CN(Cc2cccnc2)CCO3)Cc2ccccc21. The number of rotatable bonds is 3. The predicted octanol–water partition coefficient (Wildman–Crippen LogP) is 4.57. The second-order valence-electron chi connectivity index (χ2n) is 7.29. The molecule has 3 heteroatoms. The monoisotopic (exact) mass is 354 g/mol. The molecule has 5 rings (SSSR count). The molecule has 1 aliphatic carbocycles. The van der Waals surface area contributed by atoms with Gasteiger partial charge in [-0.1, -0.05) is 42.5 Å². The standard InChI is InChI=1S/C24H22N2O/c1-2-6-20-13-22(12-19(20)5-1)21-7-8-24-23(14-21)17-26(10-11-27-24)16-18-4-3-9-25-15-18/h1-9,12,14-15H,10-11,13,16-17H2. The Kier molecular flexibility index (Phi) is 4.23. The molecule has 0 atom stereocenters. The van der Waals surface area contributed by atoms with Gasteiger partial charge in [0.05, 0.1) is 0 Å². The number of ether oxygens (including phenoxy) is 1. The highest BCUT2D eigenvalue weighted by Gasteiger charge is 2.19. The number of pyridine rings is 1. The van der Waals surface area contributed by atoms with E-state index in [0.29, 0.717) is 0 Å². The number of hydrogen-bond acceptors (Lipinski definition) is 3. The smallest absolute Gasteiger partial charge is 0.123 e. The summed E-state index contributed by atoms with van der Waals surface area (Å²) in [6.07, 6.45) is 7.10. The van der Waals surface area contributed by atoms with Gasteiger partial charge in [0, 0.05) is 37.6 Å². The maximum Gasteiger partial charge on any atom is 0.123 e. The number of allylic oxidation sites excluding steroid dienone is 1. The van der Waals surface area contributed by atoms with Crippen LogP contribution < -0.4 is 4.74 Å². The lowest BCUT2D eigenvalue weighted by atomic mass is 10.0. The molecule has 0 saturated carbocycles. The zero-order valence-corrected chi connectivity index (χ0v) is 15.3. The lowest BCUT2D eigenvalue weighted by Gasteiger charge is -2.19. The molecule has 0 amide bonds. The van der Waals surface area contributed by atoms with E-state index < -0.39 is 0 Å². The van der Waals surface area contributed by atoms with Crippen molar-refractivity contribution in [2.45, 2.75) is 19.5 Å². The first-order valence-electron chi connectivity index (χ1n) is 9.51. The molecule has 0 fully saturated rings. The molecule has 1 aliphatic heterocycles. The molecule has 0 unspecified atom stereocenters. The predicted molar refractivity (Wildman–Crippen MR) is 108 cm³/mol. The Bertz CT molecular complexity index is 994. The zero-order valence-electron chi connectivity index (χ0n) is 15.3. The van der Waals surface area contributed by atoms with E-state index in [1.54, 1.807) is 0 Å². The molecule has 0 radical (unpaired) electrons. The van der Waals surface area contributed by atoms with Crippen LogP contribution in [0.2, 0.25) is 0 Å². The molecule has 0 saturated heterocycles. The van der Waals surface area contributed by atoms with Crippen LogP contribution in [0.5, 0.6) is 5.75 Å². The van der Waals surface area contributed by atoms with Crippen molar-refractivity contribution in [2.24, 2.45) is 0 Å². The van der Waals surface area contributed by atoms with Crippen molar-refractivity contribution in [1.82, 2.24) is 9.88 Å². The van der Waals surface area contributed by atoms with Crippen molar-refractivity contribution >= 4 is 11.6 Å². The molecule has 3 nitrogen and oxygen atoms in total. The van der Waals surface area contributed by atoms with E-state index in [1.165, 1.54) is 33.4 Å². The van der Waals surface area contributed by atoms with Crippen LogP contribution in [0.4, 0.5) is 0 Å². The summed E-state index contributed by atoms with van der Waals surface area (Å²) in [5.41, 5.74) is 7.96. The molecular weight excluding hydrogens is 332 g/mol. The maximum atomic E-state index is 6.02. The summed E-state index contributed by atoms with van der Waals surface area (Å²) in [4.78, 5) is 6.67. The quantitative estimate of drug-likeness (QED) is 0.689. The van der Waals surface area contributed by atoms with Crippen LogP contribution >= 0.6 is 0 Å². The van der Waals surface area contributed by atoms with Gasteiger partial charge in [-0.15, -0.1) is 0 Å². The van der Waals surface area contributed by atoms with Crippen molar-refractivity contribution in [3.63, 3.8) is 0 Å². The van der Waals surface area contributed by atoms with Crippen LogP contribution in [0.15, 0.2) is 67.0 Å². The Labute approximate surface area is 159 Å². The number of nitrogens with zero attached hydrogens (tertiary/aromatic N) is 2. The minimum absolute atomic E-state index is 0.723. The van der Waals surface area contributed by atoms with E-state index in [0.717, 1.165) is 38.4 Å². The average Bonchev–Trinajstić information content (AvgIpc) is 3.04. The van der Waals surface area contributed by atoms with Crippen molar-refractivity contribution in [3.8, 4) is 5.75 Å². The molecule has 2 heterocycles.